The van der Waals surface area contributed by atoms with Crippen LogP contribution in [-0.2, 0) is 0 Å². The van der Waals surface area contributed by atoms with Gasteiger partial charge in [0.05, 0.1) is 22.6 Å². The van der Waals surface area contributed by atoms with Gasteiger partial charge in [-0.25, -0.2) is 9.97 Å². The Labute approximate surface area is 204 Å². The largest absolute Gasteiger partial charge is 0.496 e. The molecular formula is C26H20BrN5O2. The summed E-state index contributed by atoms with van der Waals surface area (Å²) in [5.41, 5.74) is 4.90. The molecule has 5 rings (SSSR count). The Morgan fingerprint density at radius 3 is 2.47 bits per heavy atom. The molecule has 0 aliphatic carbocycles. The number of hydrogen-bond donors (Lipinski definition) is 3. The van der Waals surface area contributed by atoms with Crippen LogP contribution in [0.5, 0.6) is 5.75 Å². The number of carbonyl (C=O) groups is 1. The summed E-state index contributed by atoms with van der Waals surface area (Å²) in [6.45, 7) is 0. The number of imidazole rings is 1. The first-order chi connectivity index (χ1) is 16.6. The van der Waals surface area contributed by atoms with Crippen LogP contribution in [0.3, 0.4) is 0 Å². The van der Waals surface area contributed by atoms with Crippen LogP contribution in [-0.4, -0.2) is 28.0 Å². The number of H-pyrrole nitrogens is 1. The molecular weight excluding hydrogens is 494 g/mol. The minimum Gasteiger partial charge on any atom is -0.496 e. The Kier molecular flexibility index (Phi) is 5.97. The normalized spacial score (nSPS) is 10.8. The van der Waals surface area contributed by atoms with Crippen molar-refractivity contribution in [1.82, 2.24) is 15.0 Å². The third-order valence-electron chi connectivity index (χ3n) is 5.26. The summed E-state index contributed by atoms with van der Waals surface area (Å²) in [6.07, 6.45) is 1.78. The number of rotatable bonds is 6. The molecule has 2 aromatic heterocycles. The Balaban J connectivity index is 1.23. The number of ether oxygens (including phenoxy) is 1. The molecule has 168 valence electrons. The average molecular weight is 514 g/mol. The monoisotopic (exact) mass is 513 g/mol. The Morgan fingerprint density at radius 1 is 0.971 bits per heavy atom. The van der Waals surface area contributed by atoms with Gasteiger partial charge in [0, 0.05) is 28.7 Å². The number of methoxy groups -OCH3 is 1. The number of benzene rings is 3. The number of hydrogen-bond acceptors (Lipinski definition) is 5. The van der Waals surface area contributed by atoms with Gasteiger partial charge in [-0.1, -0.05) is 12.1 Å². The molecule has 2 heterocycles. The molecule has 0 fully saturated rings. The van der Waals surface area contributed by atoms with Gasteiger partial charge >= 0.3 is 0 Å². The molecule has 0 aliphatic heterocycles. The number of fused-ring (bicyclic) bond motifs is 1. The van der Waals surface area contributed by atoms with Gasteiger partial charge in [-0.05, 0) is 82.7 Å². The van der Waals surface area contributed by atoms with Crippen molar-refractivity contribution in [2.45, 2.75) is 0 Å². The lowest BCUT2D eigenvalue weighted by molar-refractivity contribution is 0.102. The van der Waals surface area contributed by atoms with Crippen molar-refractivity contribution >= 4 is 50.1 Å². The van der Waals surface area contributed by atoms with E-state index in [1.807, 2.05) is 60.7 Å². The second kappa shape index (κ2) is 9.36. The first-order valence-electron chi connectivity index (χ1n) is 10.5. The van der Waals surface area contributed by atoms with Gasteiger partial charge in [-0.3, -0.25) is 4.79 Å². The predicted octanol–water partition coefficient (Wildman–Crippen LogP) is 6.39. The molecule has 0 atom stereocenters. The number of anilines is 3. The number of aromatic nitrogens is 3. The molecule has 5 aromatic rings. The molecule has 8 heteroatoms. The highest BCUT2D eigenvalue weighted by molar-refractivity contribution is 9.10. The zero-order valence-electron chi connectivity index (χ0n) is 18.2. The third-order valence-corrected chi connectivity index (χ3v) is 5.88. The molecule has 7 nitrogen and oxygen atoms in total. The van der Waals surface area contributed by atoms with Crippen LogP contribution < -0.4 is 15.4 Å². The van der Waals surface area contributed by atoms with Gasteiger partial charge in [0.2, 0.25) is 0 Å². The Hall–Kier alpha value is -4.17. The minimum atomic E-state index is -0.202. The van der Waals surface area contributed by atoms with Crippen molar-refractivity contribution in [2.75, 3.05) is 17.7 Å². The first kappa shape index (κ1) is 21.7. The van der Waals surface area contributed by atoms with E-state index < -0.39 is 0 Å². The number of pyridine rings is 1. The van der Waals surface area contributed by atoms with Crippen LogP contribution in [0.25, 0.3) is 22.4 Å². The number of carbonyl (C=O) groups excluding carboxylic acids is 1. The lowest BCUT2D eigenvalue weighted by Crippen LogP contribution is -2.11. The molecule has 0 saturated carbocycles. The Morgan fingerprint density at radius 2 is 1.76 bits per heavy atom. The van der Waals surface area contributed by atoms with Crippen LogP contribution in [0.2, 0.25) is 0 Å². The maximum atomic E-state index is 12.5. The maximum absolute atomic E-state index is 12.5. The average Bonchev–Trinajstić information content (AvgIpc) is 3.30. The number of halogens is 1. The summed E-state index contributed by atoms with van der Waals surface area (Å²) in [5.74, 6) is 1.96. The Bertz CT molecular complexity index is 1430. The van der Waals surface area contributed by atoms with Crippen molar-refractivity contribution in [2.24, 2.45) is 0 Å². The smallest absolute Gasteiger partial charge is 0.255 e. The zero-order valence-corrected chi connectivity index (χ0v) is 19.8. The molecule has 0 spiro atoms. The fraction of sp³-hybridized carbons (Fsp3) is 0.0385. The topological polar surface area (TPSA) is 91.9 Å². The van der Waals surface area contributed by atoms with Crippen LogP contribution in [0, 0.1) is 0 Å². The fourth-order valence-corrected chi connectivity index (χ4v) is 4.03. The summed E-state index contributed by atoms with van der Waals surface area (Å²) in [7, 11) is 1.58. The predicted molar refractivity (Wildman–Crippen MR) is 138 cm³/mol. The van der Waals surface area contributed by atoms with Gasteiger partial charge < -0.3 is 20.4 Å². The van der Waals surface area contributed by atoms with Gasteiger partial charge in [0.25, 0.3) is 5.91 Å². The van der Waals surface area contributed by atoms with E-state index in [0.29, 0.717) is 22.8 Å². The summed E-state index contributed by atoms with van der Waals surface area (Å²) in [6, 6.07) is 24.4. The number of aromatic amines is 1. The SMILES string of the molecule is COc1ccc(C(=O)Nc2ccc(Nc3ccc(-c4nc5ccccc5[nH]4)cn3)cc2)cc1Br. The molecule has 1 amide bonds. The second-order valence-electron chi connectivity index (χ2n) is 7.54. The highest BCUT2D eigenvalue weighted by Gasteiger charge is 2.10. The van der Waals surface area contributed by atoms with Crippen LogP contribution in [0.15, 0.2) is 89.5 Å². The van der Waals surface area contributed by atoms with Crippen molar-refractivity contribution in [3.8, 4) is 17.1 Å². The zero-order chi connectivity index (χ0) is 23.5. The lowest BCUT2D eigenvalue weighted by atomic mass is 10.2. The van der Waals surface area contributed by atoms with E-state index >= 15 is 0 Å². The quantitative estimate of drug-likeness (QED) is 0.244. The van der Waals surface area contributed by atoms with Crippen LogP contribution in [0.1, 0.15) is 10.4 Å². The highest BCUT2D eigenvalue weighted by Crippen LogP contribution is 2.26. The maximum Gasteiger partial charge on any atom is 0.255 e. The number of para-hydroxylation sites is 2. The van der Waals surface area contributed by atoms with E-state index in [4.69, 9.17) is 4.74 Å². The van der Waals surface area contributed by atoms with Gasteiger partial charge in [0.1, 0.15) is 17.4 Å². The lowest BCUT2D eigenvalue weighted by Gasteiger charge is -2.10. The minimum absolute atomic E-state index is 0.202. The molecule has 3 aromatic carbocycles. The highest BCUT2D eigenvalue weighted by atomic mass is 79.9. The second-order valence-corrected chi connectivity index (χ2v) is 8.39. The molecule has 3 N–H and O–H groups in total. The van der Waals surface area contributed by atoms with E-state index in [2.05, 4.69) is 41.5 Å². The summed E-state index contributed by atoms with van der Waals surface area (Å²) < 4.78 is 5.93. The number of nitrogens with zero attached hydrogens (tertiary/aromatic N) is 2. The standard InChI is InChI=1S/C26H20BrN5O2/c1-34-23-12-6-16(14-20(23)27)26(33)30-19-10-8-18(9-11-19)29-24-13-7-17(15-28-24)25-31-21-4-2-3-5-22(21)32-25/h2-15H,1H3,(H,28,29)(H,30,33)(H,31,32). The van der Waals surface area contributed by atoms with E-state index in [9.17, 15) is 4.79 Å². The van der Waals surface area contributed by atoms with Crippen molar-refractivity contribution in [3.05, 3.63) is 95.1 Å². The number of nitrogens with one attached hydrogen (secondary N) is 3. The van der Waals surface area contributed by atoms with Crippen LogP contribution in [0.4, 0.5) is 17.2 Å². The molecule has 34 heavy (non-hydrogen) atoms. The molecule has 0 bridgehead atoms. The van der Waals surface area contributed by atoms with Crippen molar-refractivity contribution in [3.63, 3.8) is 0 Å². The van der Waals surface area contributed by atoms with Crippen molar-refractivity contribution in [1.29, 1.82) is 0 Å². The summed E-state index contributed by atoms with van der Waals surface area (Å²) >= 11 is 3.40. The van der Waals surface area contributed by atoms with Crippen molar-refractivity contribution < 1.29 is 9.53 Å². The first-order valence-corrected chi connectivity index (χ1v) is 11.3. The van der Waals surface area contributed by atoms with E-state index in [0.717, 1.165) is 32.6 Å². The molecule has 0 unspecified atom stereocenters. The third kappa shape index (κ3) is 4.62. The molecule has 0 saturated heterocycles. The van der Waals surface area contributed by atoms with Crippen LogP contribution >= 0.6 is 15.9 Å². The van der Waals surface area contributed by atoms with Gasteiger partial charge in [0.15, 0.2) is 0 Å². The van der Waals surface area contributed by atoms with E-state index in [1.54, 1.807) is 31.5 Å². The van der Waals surface area contributed by atoms with Gasteiger partial charge in [-0.2, -0.15) is 0 Å². The molecule has 0 aliphatic rings. The summed E-state index contributed by atoms with van der Waals surface area (Å²) in [4.78, 5) is 25.0. The summed E-state index contributed by atoms with van der Waals surface area (Å²) in [5, 5.41) is 6.16. The molecule has 0 radical (unpaired) electrons. The van der Waals surface area contributed by atoms with E-state index in [-0.39, 0.29) is 5.91 Å². The van der Waals surface area contributed by atoms with Gasteiger partial charge in [-0.15, -0.1) is 0 Å². The fourth-order valence-electron chi connectivity index (χ4n) is 3.49. The number of amides is 1. The van der Waals surface area contributed by atoms with E-state index in [1.165, 1.54) is 0 Å².